The Kier molecular flexibility index (Phi) is 10.8. The number of carbonyl (C=O) groups is 1. The van der Waals surface area contributed by atoms with E-state index in [9.17, 15) is 14.3 Å². The number of aliphatic carboxylic acids is 1. The topological polar surface area (TPSA) is 82.0 Å². The molecule has 1 fully saturated rings. The van der Waals surface area contributed by atoms with Crippen LogP contribution in [0.3, 0.4) is 0 Å². The highest BCUT2D eigenvalue weighted by Gasteiger charge is 2.25. The number of benzene rings is 1. The largest absolute Gasteiger partial charge is 0.481 e. The lowest BCUT2D eigenvalue weighted by Crippen LogP contribution is -2.42. The van der Waals surface area contributed by atoms with Gasteiger partial charge in [-0.25, -0.2) is 4.39 Å². The van der Waals surface area contributed by atoms with Gasteiger partial charge in [0.15, 0.2) is 0 Å². The molecule has 3 N–H and O–H groups in total. The number of thiophene rings is 1. The monoisotopic (exact) mass is 512 g/mol. The third-order valence-electron chi connectivity index (χ3n) is 6.19. The Morgan fingerprint density at radius 2 is 2.24 bits per heavy atom. The van der Waals surface area contributed by atoms with Crippen molar-refractivity contribution in [2.45, 2.75) is 63.7 Å². The van der Waals surface area contributed by atoms with Gasteiger partial charge < -0.3 is 20.3 Å². The Morgan fingerprint density at radius 1 is 1.41 bits per heavy atom. The molecule has 0 aliphatic carbocycles. The first kappa shape index (κ1) is 27.0. The van der Waals surface area contributed by atoms with Crippen LogP contribution in [0.5, 0.6) is 0 Å². The molecular weight excluding hydrogens is 479 g/mol. The van der Waals surface area contributed by atoms with E-state index < -0.39 is 12.1 Å². The molecule has 1 aromatic carbocycles. The van der Waals surface area contributed by atoms with Crippen LogP contribution in [-0.4, -0.2) is 59.6 Å². The van der Waals surface area contributed by atoms with Gasteiger partial charge in [0.25, 0.3) is 0 Å². The van der Waals surface area contributed by atoms with Gasteiger partial charge in [-0.15, -0.1) is 11.3 Å². The van der Waals surface area contributed by atoms with Crippen molar-refractivity contribution < 1.29 is 24.1 Å². The summed E-state index contributed by atoms with van der Waals surface area (Å²) in [6, 6.07) is 7.28. The maximum atomic E-state index is 13.8. The fourth-order valence-corrected chi connectivity index (χ4v) is 5.60. The summed E-state index contributed by atoms with van der Waals surface area (Å²) in [6.07, 6.45) is 3.45. The van der Waals surface area contributed by atoms with E-state index >= 15 is 0 Å². The minimum atomic E-state index is -0.812. The quantitative estimate of drug-likeness (QED) is 0.342. The number of hydrogen-bond donors (Lipinski definition) is 3. The first-order valence-corrected chi connectivity index (χ1v) is 13.1. The number of ether oxygens (including phenoxy) is 1. The molecule has 1 aromatic heterocycles. The van der Waals surface area contributed by atoms with Crippen LogP contribution in [-0.2, 0) is 22.4 Å². The molecule has 0 radical (unpaired) electrons. The van der Waals surface area contributed by atoms with Crippen LogP contribution >= 0.6 is 22.9 Å². The van der Waals surface area contributed by atoms with Gasteiger partial charge in [0.2, 0.25) is 0 Å². The molecule has 1 aliphatic heterocycles. The van der Waals surface area contributed by atoms with Crippen LogP contribution in [0.25, 0.3) is 0 Å². The fourth-order valence-electron chi connectivity index (χ4n) is 4.39. The van der Waals surface area contributed by atoms with E-state index in [1.165, 1.54) is 6.07 Å². The molecule has 2 aromatic rings. The number of likely N-dealkylation sites (tertiary alicyclic amines) is 1. The summed E-state index contributed by atoms with van der Waals surface area (Å²) in [6.45, 7) is 4.26. The Hall–Kier alpha value is -1.55. The summed E-state index contributed by atoms with van der Waals surface area (Å²) in [4.78, 5) is 14.3. The summed E-state index contributed by atoms with van der Waals surface area (Å²) in [5.74, 6) is -1.19. The molecule has 2 heterocycles. The van der Waals surface area contributed by atoms with Gasteiger partial charge in [0.05, 0.1) is 23.8 Å². The molecule has 6 nitrogen and oxygen atoms in total. The van der Waals surface area contributed by atoms with Crippen LogP contribution in [0.1, 0.15) is 54.7 Å². The van der Waals surface area contributed by atoms with Crippen molar-refractivity contribution in [1.29, 1.82) is 0 Å². The van der Waals surface area contributed by atoms with Gasteiger partial charge in [-0.2, -0.15) is 0 Å². The number of nitrogens with zero attached hydrogens (tertiary/aromatic N) is 1. The number of hydrogen-bond acceptors (Lipinski definition) is 6. The molecule has 34 heavy (non-hydrogen) atoms. The molecule has 0 bridgehead atoms. The number of aliphatic hydroxyl groups is 1. The van der Waals surface area contributed by atoms with E-state index in [-0.39, 0.29) is 30.0 Å². The van der Waals surface area contributed by atoms with Crippen LogP contribution in [0, 0.1) is 5.82 Å². The van der Waals surface area contributed by atoms with Crippen LogP contribution in [0.2, 0.25) is 5.02 Å². The van der Waals surface area contributed by atoms with Crippen molar-refractivity contribution in [2.24, 2.45) is 0 Å². The second-order valence-corrected chi connectivity index (χ2v) is 10.1. The molecule has 3 rings (SSSR count). The van der Waals surface area contributed by atoms with Crippen molar-refractivity contribution in [3.8, 4) is 0 Å². The van der Waals surface area contributed by atoms with E-state index in [2.05, 4.69) is 10.2 Å². The average molecular weight is 513 g/mol. The number of aliphatic hydroxyl groups excluding tert-OH is 1. The Labute approximate surface area is 209 Å². The van der Waals surface area contributed by atoms with Crippen molar-refractivity contribution in [2.75, 3.05) is 26.4 Å². The van der Waals surface area contributed by atoms with Crippen LogP contribution in [0.15, 0.2) is 29.6 Å². The minimum Gasteiger partial charge on any atom is -0.481 e. The summed E-state index contributed by atoms with van der Waals surface area (Å²) >= 11 is 7.36. The third kappa shape index (κ3) is 8.00. The summed E-state index contributed by atoms with van der Waals surface area (Å²) in [7, 11) is 0. The molecule has 3 atom stereocenters. The standard InChI is InChI=1S/C25H34ClFN2O4S/c1-2-23(25-18(9-11-34-25)6-8-24(31)32)33-15-20(30)14-28-16-29-10-3-4-19(29)12-17-5-7-21(26)22(27)13-17/h5,7,9,11,13,19-20,23,28,30H,2-4,6,8,10,12,14-16H2,1H3,(H,31,32)/t19-,20+,23?/m0/s1. The zero-order chi connectivity index (χ0) is 24.5. The SMILES string of the molecule is CCC(OC[C@H](O)CNCN1CCC[C@H]1Cc1ccc(Cl)c(F)c1)c1sccc1CCC(=O)O. The molecule has 1 aliphatic rings. The maximum Gasteiger partial charge on any atom is 0.303 e. The van der Waals surface area contributed by atoms with E-state index in [4.69, 9.17) is 21.4 Å². The number of rotatable bonds is 14. The Balaban J connectivity index is 1.41. The van der Waals surface area contributed by atoms with E-state index in [0.29, 0.717) is 25.7 Å². The van der Waals surface area contributed by atoms with Gasteiger partial charge in [0, 0.05) is 30.6 Å². The summed E-state index contributed by atoms with van der Waals surface area (Å²) in [5.41, 5.74) is 1.95. The van der Waals surface area contributed by atoms with E-state index in [1.54, 1.807) is 17.4 Å². The van der Waals surface area contributed by atoms with Gasteiger partial charge in [0.1, 0.15) is 5.82 Å². The van der Waals surface area contributed by atoms with Gasteiger partial charge in [-0.3, -0.25) is 9.69 Å². The zero-order valence-electron chi connectivity index (χ0n) is 19.5. The van der Waals surface area contributed by atoms with Gasteiger partial charge in [-0.05, 0) is 73.4 Å². The van der Waals surface area contributed by atoms with Crippen LogP contribution in [0.4, 0.5) is 4.39 Å². The zero-order valence-corrected chi connectivity index (χ0v) is 21.1. The number of carboxylic acid groups (broad SMARTS) is 1. The van der Waals surface area contributed by atoms with Gasteiger partial charge in [-0.1, -0.05) is 24.6 Å². The first-order chi connectivity index (χ1) is 16.4. The molecule has 1 unspecified atom stereocenters. The minimum absolute atomic E-state index is 0.0944. The fraction of sp³-hybridized carbons (Fsp3) is 0.560. The molecule has 0 amide bonds. The highest BCUT2D eigenvalue weighted by atomic mass is 35.5. The normalized spacial score (nSPS) is 18.3. The Bertz CT molecular complexity index is 928. The first-order valence-electron chi connectivity index (χ1n) is 11.8. The third-order valence-corrected chi connectivity index (χ3v) is 7.55. The van der Waals surface area contributed by atoms with E-state index in [1.807, 2.05) is 24.4 Å². The molecular formula is C25H34ClFN2O4S. The molecule has 188 valence electrons. The number of carboxylic acids is 1. The highest BCUT2D eigenvalue weighted by molar-refractivity contribution is 7.10. The lowest BCUT2D eigenvalue weighted by molar-refractivity contribution is -0.136. The lowest BCUT2D eigenvalue weighted by atomic mass is 10.0. The molecule has 1 saturated heterocycles. The second kappa shape index (κ2) is 13.5. The number of nitrogens with one attached hydrogen (secondary N) is 1. The predicted molar refractivity (Wildman–Crippen MR) is 133 cm³/mol. The Morgan fingerprint density at radius 3 is 2.97 bits per heavy atom. The van der Waals surface area contributed by atoms with Crippen LogP contribution < -0.4 is 5.32 Å². The van der Waals surface area contributed by atoms with Crippen molar-refractivity contribution in [1.82, 2.24) is 10.2 Å². The molecule has 0 spiro atoms. The molecule has 0 saturated carbocycles. The average Bonchev–Trinajstić information content (AvgIpc) is 3.45. The smallest absolute Gasteiger partial charge is 0.303 e. The van der Waals surface area contributed by atoms with E-state index in [0.717, 1.165) is 48.2 Å². The van der Waals surface area contributed by atoms with Crippen molar-refractivity contribution in [3.05, 3.63) is 56.5 Å². The molecule has 9 heteroatoms. The van der Waals surface area contributed by atoms with Gasteiger partial charge >= 0.3 is 5.97 Å². The highest BCUT2D eigenvalue weighted by Crippen LogP contribution is 2.30. The summed E-state index contributed by atoms with van der Waals surface area (Å²) in [5, 5.41) is 24.8. The summed E-state index contributed by atoms with van der Waals surface area (Å²) < 4.78 is 19.8. The second-order valence-electron chi connectivity index (χ2n) is 8.76. The van der Waals surface area contributed by atoms with Crippen molar-refractivity contribution in [3.63, 3.8) is 0 Å². The lowest BCUT2D eigenvalue weighted by Gasteiger charge is -2.26. The maximum absolute atomic E-state index is 13.8. The number of aryl methyl sites for hydroxylation is 1. The number of halogens is 2. The predicted octanol–water partition coefficient (Wildman–Crippen LogP) is 4.64. The van der Waals surface area contributed by atoms with Crippen molar-refractivity contribution >= 4 is 28.9 Å².